The number of amides is 1. The van der Waals surface area contributed by atoms with E-state index in [9.17, 15) is 4.79 Å². The van der Waals surface area contributed by atoms with Crippen molar-refractivity contribution in [3.63, 3.8) is 0 Å². The third kappa shape index (κ3) is 3.09. The van der Waals surface area contributed by atoms with Crippen molar-refractivity contribution < 1.29 is 9.53 Å². The number of anilines is 1. The number of piperidine rings is 1. The lowest BCUT2D eigenvalue weighted by molar-refractivity contribution is -0.0448. The maximum atomic E-state index is 12.5. The van der Waals surface area contributed by atoms with Crippen LogP contribution in [0.25, 0.3) is 0 Å². The summed E-state index contributed by atoms with van der Waals surface area (Å²) in [6.45, 7) is 1.95. The zero-order valence-electron chi connectivity index (χ0n) is 13.1. The number of hydrogen-bond donors (Lipinski definition) is 1. The monoisotopic (exact) mass is 346 g/mol. The first-order chi connectivity index (χ1) is 11.7. The van der Waals surface area contributed by atoms with Gasteiger partial charge in [0.1, 0.15) is 5.82 Å². The van der Waals surface area contributed by atoms with Crippen LogP contribution < -0.4 is 5.32 Å². The molecule has 2 aliphatic heterocycles. The van der Waals surface area contributed by atoms with Gasteiger partial charge in [-0.15, -0.1) is 5.10 Å². The Morgan fingerprint density at radius 3 is 3.21 bits per heavy atom. The summed E-state index contributed by atoms with van der Waals surface area (Å²) in [6, 6.07) is 0.178. The summed E-state index contributed by atoms with van der Waals surface area (Å²) in [5.74, 6) is 0.692. The van der Waals surface area contributed by atoms with Crippen LogP contribution in [0.15, 0.2) is 24.0 Å². The third-order valence-electron chi connectivity index (χ3n) is 4.53. The molecule has 1 amide bonds. The minimum Gasteiger partial charge on any atom is -0.371 e. The molecule has 1 N–H and O–H groups in total. The predicted octanol–water partition coefficient (Wildman–Crippen LogP) is 1.20. The molecule has 9 heteroatoms. The molecule has 2 atom stereocenters. The van der Waals surface area contributed by atoms with Gasteiger partial charge in [-0.25, -0.2) is 4.98 Å². The van der Waals surface area contributed by atoms with Crippen molar-refractivity contribution in [1.29, 1.82) is 0 Å². The molecular formula is C15H18N6O2S. The number of aromatic nitrogens is 4. The lowest BCUT2D eigenvalue weighted by Crippen LogP contribution is -2.50. The van der Waals surface area contributed by atoms with Crippen LogP contribution in [0.3, 0.4) is 0 Å². The van der Waals surface area contributed by atoms with Crippen molar-refractivity contribution in [2.75, 3.05) is 25.0 Å². The summed E-state index contributed by atoms with van der Waals surface area (Å²) in [4.78, 5) is 22.7. The van der Waals surface area contributed by atoms with Gasteiger partial charge >= 0.3 is 0 Å². The van der Waals surface area contributed by atoms with Gasteiger partial charge in [0.15, 0.2) is 5.69 Å². The van der Waals surface area contributed by atoms with E-state index in [1.54, 1.807) is 24.0 Å². The van der Waals surface area contributed by atoms with Gasteiger partial charge in [0, 0.05) is 30.7 Å². The normalized spacial score (nSPS) is 26.7. The number of carbonyl (C=O) groups excluding carboxylic acids is 1. The molecule has 0 aromatic carbocycles. The molecule has 0 aliphatic carbocycles. The van der Waals surface area contributed by atoms with E-state index >= 15 is 0 Å². The first kappa shape index (κ1) is 15.4. The Balaban J connectivity index is 1.41. The Morgan fingerprint density at radius 1 is 1.46 bits per heavy atom. The summed E-state index contributed by atoms with van der Waals surface area (Å²) in [5.41, 5.74) is 0.140. The summed E-state index contributed by atoms with van der Waals surface area (Å²) in [5, 5.41) is 8.94. The summed E-state index contributed by atoms with van der Waals surface area (Å²) >= 11 is 1.19. The van der Waals surface area contributed by atoms with E-state index in [-0.39, 0.29) is 17.6 Å². The van der Waals surface area contributed by atoms with Gasteiger partial charge < -0.3 is 15.0 Å². The zero-order chi connectivity index (χ0) is 16.4. The van der Waals surface area contributed by atoms with Crippen molar-refractivity contribution in [3.05, 3.63) is 29.7 Å². The molecule has 0 saturated carbocycles. The molecule has 2 unspecified atom stereocenters. The van der Waals surface area contributed by atoms with Gasteiger partial charge in [-0.1, -0.05) is 4.49 Å². The van der Waals surface area contributed by atoms with E-state index < -0.39 is 0 Å². The SMILES string of the molecule is O=C(c1csnn1)N1CCCC2(CC(Nc3cnccn3)CO2)C1. The Kier molecular flexibility index (Phi) is 4.11. The molecule has 2 aromatic rings. The molecule has 4 rings (SSSR count). The smallest absolute Gasteiger partial charge is 0.275 e. The molecule has 2 saturated heterocycles. The van der Waals surface area contributed by atoms with Crippen LogP contribution in [0.2, 0.25) is 0 Å². The van der Waals surface area contributed by atoms with E-state index in [1.807, 2.05) is 4.90 Å². The minimum absolute atomic E-state index is 0.0586. The van der Waals surface area contributed by atoms with Crippen molar-refractivity contribution in [2.45, 2.75) is 30.9 Å². The van der Waals surface area contributed by atoms with Crippen LogP contribution >= 0.6 is 11.5 Å². The molecule has 1 spiro atoms. The Hall–Kier alpha value is -2.13. The number of nitrogens with one attached hydrogen (secondary N) is 1. The fourth-order valence-electron chi connectivity index (χ4n) is 3.50. The highest BCUT2D eigenvalue weighted by molar-refractivity contribution is 7.03. The van der Waals surface area contributed by atoms with E-state index in [4.69, 9.17) is 4.74 Å². The number of ether oxygens (including phenoxy) is 1. The topological polar surface area (TPSA) is 93.1 Å². The van der Waals surface area contributed by atoms with Crippen LogP contribution in [0, 0.1) is 0 Å². The molecule has 0 bridgehead atoms. The molecule has 2 aliphatic rings. The average molecular weight is 346 g/mol. The number of likely N-dealkylation sites (tertiary alicyclic amines) is 1. The highest BCUT2D eigenvalue weighted by Crippen LogP contribution is 2.36. The van der Waals surface area contributed by atoms with Crippen molar-refractivity contribution >= 4 is 23.3 Å². The van der Waals surface area contributed by atoms with Gasteiger partial charge in [0.2, 0.25) is 0 Å². The molecule has 126 valence electrons. The molecule has 2 aromatic heterocycles. The van der Waals surface area contributed by atoms with Gasteiger partial charge in [-0.05, 0) is 24.4 Å². The Labute approximate surface area is 143 Å². The lowest BCUT2D eigenvalue weighted by atomic mass is 9.88. The Bertz CT molecular complexity index is 697. The zero-order valence-corrected chi connectivity index (χ0v) is 13.9. The second kappa shape index (κ2) is 6.40. The third-order valence-corrected chi connectivity index (χ3v) is 5.03. The van der Waals surface area contributed by atoms with E-state index in [2.05, 4.69) is 24.9 Å². The van der Waals surface area contributed by atoms with Gasteiger partial charge in [0.05, 0.1) is 31.0 Å². The maximum absolute atomic E-state index is 12.5. The van der Waals surface area contributed by atoms with Crippen LogP contribution in [0.4, 0.5) is 5.82 Å². The van der Waals surface area contributed by atoms with E-state index in [0.29, 0.717) is 18.8 Å². The van der Waals surface area contributed by atoms with Crippen LogP contribution in [-0.2, 0) is 4.74 Å². The fourth-order valence-corrected chi connectivity index (χ4v) is 3.93. The highest BCUT2D eigenvalue weighted by Gasteiger charge is 2.44. The van der Waals surface area contributed by atoms with Crippen LogP contribution in [-0.4, -0.2) is 61.7 Å². The molecule has 2 fully saturated rings. The van der Waals surface area contributed by atoms with Gasteiger partial charge in [-0.2, -0.15) is 0 Å². The van der Waals surface area contributed by atoms with Crippen molar-refractivity contribution in [1.82, 2.24) is 24.5 Å². The molecule has 8 nitrogen and oxygen atoms in total. The molecular weight excluding hydrogens is 328 g/mol. The number of nitrogens with zero attached hydrogens (tertiary/aromatic N) is 5. The van der Waals surface area contributed by atoms with Crippen molar-refractivity contribution in [2.24, 2.45) is 0 Å². The maximum Gasteiger partial charge on any atom is 0.275 e. The summed E-state index contributed by atoms with van der Waals surface area (Å²) in [7, 11) is 0. The largest absolute Gasteiger partial charge is 0.371 e. The second-order valence-corrected chi connectivity index (χ2v) is 6.86. The van der Waals surface area contributed by atoms with Gasteiger partial charge in [-0.3, -0.25) is 9.78 Å². The van der Waals surface area contributed by atoms with Crippen molar-refractivity contribution in [3.8, 4) is 0 Å². The highest BCUT2D eigenvalue weighted by atomic mass is 32.1. The standard InChI is InChI=1S/C15H18N6O2S/c22-14(12-9-24-20-19-12)21-5-1-2-15(10-21)6-11(8-23-15)18-13-7-16-3-4-17-13/h3-4,7,9,11H,1-2,5-6,8,10H2,(H,17,18). The minimum atomic E-state index is -0.281. The van der Waals surface area contributed by atoms with Crippen LogP contribution in [0.1, 0.15) is 29.8 Å². The number of hydrogen-bond acceptors (Lipinski definition) is 8. The first-order valence-electron chi connectivity index (χ1n) is 7.97. The number of carbonyl (C=O) groups is 1. The number of rotatable bonds is 3. The predicted molar refractivity (Wildman–Crippen MR) is 87.8 cm³/mol. The molecule has 0 radical (unpaired) electrons. The molecule has 4 heterocycles. The second-order valence-electron chi connectivity index (χ2n) is 6.25. The summed E-state index contributed by atoms with van der Waals surface area (Å²) in [6.07, 6.45) is 7.76. The first-order valence-corrected chi connectivity index (χ1v) is 8.81. The van der Waals surface area contributed by atoms with E-state index in [0.717, 1.165) is 31.6 Å². The average Bonchev–Trinajstić information content (AvgIpc) is 3.26. The Morgan fingerprint density at radius 2 is 2.42 bits per heavy atom. The van der Waals surface area contributed by atoms with Crippen LogP contribution in [0.5, 0.6) is 0 Å². The summed E-state index contributed by atoms with van der Waals surface area (Å²) < 4.78 is 9.90. The van der Waals surface area contributed by atoms with Gasteiger partial charge in [0.25, 0.3) is 5.91 Å². The lowest BCUT2D eigenvalue weighted by Gasteiger charge is -2.39. The fraction of sp³-hybridized carbons (Fsp3) is 0.533. The van der Waals surface area contributed by atoms with E-state index in [1.165, 1.54) is 11.5 Å². The molecule has 24 heavy (non-hydrogen) atoms. The quantitative estimate of drug-likeness (QED) is 0.892.